The van der Waals surface area contributed by atoms with Gasteiger partial charge in [-0.15, -0.1) is 0 Å². The predicted octanol–water partition coefficient (Wildman–Crippen LogP) is 2.75. The minimum absolute atomic E-state index is 0.0718. The largest absolute Gasteiger partial charge is 0.351 e. The van der Waals surface area contributed by atoms with Crippen molar-refractivity contribution in [1.82, 2.24) is 10.6 Å². The van der Waals surface area contributed by atoms with Crippen LogP contribution in [0.1, 0.15) is 44.1 Å². The van der Waals surface area contributed by atoms with E-state index in [9.17, 15) is 9.18 Å². The number of rotatable bonds is 5. The van der Waals surface area contributed by atoms with Crippen LogP contribution in [0.3, 0.4) is 0 Å². The van der Waals surface area contributed by atoms with E-state index in [-0.39, 0.29) is 18.3 Å². The third-order valence-corrected chi connectivity index (χ3v) is 3.84. The van der Waals surface area contributed by atoms with Crippen molar-refractivity contribution in [2.75, 3.05) is 6.54 Å². The van der Waals surface area contributed by atoms with Gasteiger partial charge in [0.1, 0.15) is 5.82 Å². The molecule has 1 aliphatic rings. The van der Waals surface area contributed by atoms with Crippen molar-refractivity contribution >= 4 is 5.91 Å². The first-order chi connectivity index (χ1) is 9.75. The Morgan fingerprint density at radius 3 is 2.55 bits per heavy atom. The van der Waals surface area contributed by atoms with E-state index in [1.54, 1.807) is 18.2 Å². The highest BCUT2D eigenvalue weighted by Crippen LogP contribution is 2.16. The average Bonchev–Trinajstić information content (AvgIpc) is 2.73. The van der Waals surface area contributed by atoms with E-state index in [0.29, 0.717) is 18.2 Å². The standard InChI is InChI=1S/C16H23FN2O/c17-15-10-6-5-7-13(15)11-19-16(20)12-18-14-8-3-1-2-4-9-14/h5-7,10,14,18H,1-4,8-9,11-12H2,(H,19,20). The van der Waals surface area contributed by atoms with Gasteiger partial charge in [-0.2, -0.15) is 0 Å². The van der Waals surface area contributed by atoms with Gasteiger partial charge in [0.2, 0.25) is 5.91 Å². The maximum Gasteiger partial charge on any atom is 0.234 e. The van der Waals surface area contributed by atoms with Gasteiger partial charge in [0, 0.05) is 18.2 Å². The molecule has 0 bridgehead atoms. The molecule has 20 heavy (non-hydrogen) atoms. The van der Waals surface area contributed by atoms with Crippen molar-refractivity contribution < 1.29 is 9.18 Å². The van der Waals surface area contributed by atoms with Crippen molar-refractivity contribution in [2.24, 2.45) is 0 Å². The third kappa shape index (κ3) is 4.93. The summed E-state index contributed by atoms with van der Waals surface area (Å²) >= 11 is 0. The van der Waals surface area contributed by atoms with Crippen molar-refractivity contribution in [1.29, 1.82) is 0 Å². The Balaban J connectivity index is 1.69. The molecule has 110 valence electrons. The van der Waals surface area contributed by atoms with Gasteiger partial charge in [-0.05, 0) is 18.9 Å². The summed E-state index contributed by atoms with van der Waals surface area (Å²) in [7, 11) is 0. The summed E-state index contributed by atoms with van der Waals surface area (Å²) < 4.78 is 13.4. The predicted molar refractivity (Wildman–Crippen MR) is 77.7 cm³/mol. The van der Waals surface area contributed by atoms with Crippen LogP contribution >= 0.6 is 0 Å². The molecule has 0 heterocycles. The zero-order valence-electron chi connectivity index (χ0n) is 11.8. The Bertz CT molecular complexity index is 428. The Labute approximate surface area is 120 Å². The zero-order chi connectivity index (χ0) is 14.2. The lowest BCUT2D eigenvalue weighted by Crippen LogP contribution is -2.38. The topological polar surface area (TPSA) is 41.1 Å². The molecular formula is C16H23FN2O. The highest BCUT2D eigenvalue weighted by molar-refractivity contribution is 5.78. The maximum absolute atomic E-state index is 13.4. The van der Waals surface area contributed by atoms with Crippen LogP contribution in [0.5, 0.6) is 0 Å². The molecule has 1 aromatic carbocycles. The van der Waals surface area contributed by atoms with Crippen LogP contribution < -0.4 is 10.6 Å². The first kappa shape index (κ1) is 15.0. The third-order valence-electron chi connectivity index (χ3n) is 3.84. The van der Waals surface area contributed by atoms with Gasteiger partial charge in [-0.25, -0.2) is 4.39 Å². The zero-order valence-corrected chi connectivity index (χ0v) is 11.8. The van der Waals surface area contributed by atoms with E-state index in [1.807, 2.05) is 0 Å². The summed E-state index contributed by atoms with van der Waals surface area (Å²) in [5.74, 6) is -0.345. The number of carbonyl (C=O) groups excluding carboxylic acids is 1. The van der Waals surface area contributed by atoms with Crippen LogP contribution in [-0.2, 0) is 11.3 Å². The second-order valence-electron chi connectivity index (χ2n) is 5.44. The second-order valence-corrected chi connectivity index (χ2v) is 5.44. The van der Waals surface area contributed by atoms with Gasteiger partial charge in [-0.1, -0.05) is 43.9 Å². The normalized spacial score (nSPS) is 16.6. The van der Waals surface area contributed by atoms with Gasteiger partial charge in [0.25, 0.3) is 0 Å². The molecule has 1 amide bonds. The number of hydrogen-bond acceptors (Lipinski definition) is 2. The number of halogens is 1. The molecule has 0 aliphatic heterocycles. The number of hydrogen-bond donors (Lipinski definition) is 2. The fourth-order valence-electron chi connectivity index (χ4n) is 2.62. The second kappa shape index (κ2) is 8.00. The molecule has 1 aliphatic carbocycles. The molecule has 1 aromatic rings. The Hall–Kier alpha value is -1.42. The van der Waals surface area contributed by atoms with Crippen LogP contribution in [0.15, 0.2) is 24.3 Å². The molecule has 0 aromatic heterocycles. The summed E-state index contributed by atoms with van der Waals surface area (Å²) in [6.45, 7) is 0.566. The monoisotopic (exact) mass is 278 g/mol. The van der Waals surface area contributed by atoms with E-state index < -0.39 is 0 Å². The smallest absolute Gasteiger partial charge is 0.234 e. The fraction of sp³-hybridized carbons (Fsp3) is 0.562. The minimum Gasteiger partial charge on any atom is -0.351 e. The van der Waals surface area contributed by atoms with E-state index in [0.717, 1.165) is 12.8 Å². The lowest BCUT2D eigenvalue weighted by Gasteiger charge is -2.15. The van der Waals surface area contributed by atoms with Gasteiger partial charge in [0.15, 0.2) is 0 Å². The van der Waals surface area contributed by atoms with Crippen LogP contribution in [0.2, 0.25) is 0 Å². The minimum atomic E-state index is -0.274. The fourth-order valence-corrected chi connectivity index (χ4v) is 2.62. The number of nitrogens with one attached hydrogen (secondary N) is 2. The molecule has 0 saturated heterocycles. The van der Waals surface area contributed by atoms with Gasteiger partial charge in [0.05, 0.1) is 6.54 Å². The highest BCUT2D eigenvalue weighted by Gasteiger charge is 2.13. The molecule has 2 N–H and O–H groups in total. The molecular weight excluding hydrogens is 255 g/mol. The molecule has 1 saturated carbocycles. The molecule has 4 heteroatoms. The molecule has 0 radical (unpaired) electrons. The van der Waals surface area contributed by atoms with Gasteiger partial charge < -0.3 is 10.6 Å². The molecule has 0 spiro atoms. The van der Waals surface area contributed by atoms with Crippen molar-refractivity contribution in [3.05, 3.63) is 35.6 Å². The van der Waals surface area contributed by atoms with Crippen LogP contribution in [0, 0.1) is 5.82 Å². The SMILES string of the molecule is O=C(CNC1CCCCCC1)NCc1ccccc1F. The summed E-state index contributed by atoms with van der Waals surface area (Å²) in [6, 6.07) is 6.97. The number of amides is 1. The van der Waals surface area contributed by atoms with Crippen LogP contribution in [0.4, 0.5) is 4.39 Å². The van der Waals surface area contributed by atoms with E-state index in [2.05, 4.69) is 10.6 Å². The number of benzene rings is 1. The average molecular weight is 278 g/mol. The Kier molecular flexibility index (Phi) is 5.99. The summed E-state index contributed by atoms with van der Waals surface area (Å²) in [6.07, 6.45) is 7.40. The van der Waals surface area contributed by atoms with E-state index in [4.69, 9.17) is 0 Å². The first-order valence-electron chi connectivity index (χ1n) is 7.49. The van der Waals surface area contributed by atoms with Crippen molar-refractivity contribution in [3.8, 4) is 0 Å². The van der Waals surface area contributed by atoms with Gasteiger partial charge in [-0.3, -0.25) is 4.79 Å². The van der Waals surface area contributed by atoms with Crippen LogP contribution in [-0.4, -0.2) is 18.5 Å². The van der Waals surface area contributed by atoms with Gasteiger partial charge >= 0.3 is 0 Å². The summed E-state index contributed by atoms with van der Waals surface area (Å²) in [5, 5.41) is 6.06. The Morgan fingerprint density at radius 1 is 1.15 bits per heavy atom. The summed E-state index contributed by atoms with van der Waals surface area (Å²) in [5.41, 5.74) is 0.523. The molecule has 0 atom stereocenters. The van der Waals surface area contributed by atoms with Crippen molar-refractivity contribution in [2.45, 2.75) is 51.1 Å². The van der Waals surface area contributed by atoms with Crippen LogP contribution in [0.25, 0.3) is 0 Å². The lowest BCUT2D eigenvalue weighted by atomic mass is 10.1. The molecule has 2 rings (SSSR count). The first-order valence-corrected chi connectivity index (χ1v) is 7.49. The van der Waals surface area contributed by atoms with E-state index in [1.165, 1.54) is 31.7 Å². The molecule has 1 fully saturated rings. The molecule has 0 unspecified atom stereocenters. The van der Waals surface area contributed by atoms with Crippen molar-refractivity contribution in [3.63, 3.8) is 0 Å². The lowest BCUT2D eigenvalue weighted by molar-refractivity contribution is -0.120. The quantitative estimate of drug-likeness (QED) is 0.813. The maximum atomic E-state index is 13.4. The summed E-state index contributed by atoms with van der Waals surface area (Å²) in [4.78, 5) is 11.8. The Morgan fingerprint density at radius 2 is 1.85 bits per heavy atom. The van der Waals surface area contributed by atoms with E-state index >= 15 is 0 Å². The number of carbonyl (C=O) groups is 1. The molecule has 3 nitrogen and oxygen atoms in total. The highest BCUT2D eigenvalue weighted by atomic mass is 19.1.